The fraction of sp³-hybridized carbons (Fsp3) is 0.375. The summed E-state index contributed by atoms with van der Waals surface area (Å²) in [6, 6.07) is 5.97. The quantitative estimate of drug-likeness (QED) is 0.617. The van der Waals surface area contributed by atoms with Gasteiger partial charge >= 0.3 is 11.9 Å². The molecule has 0 saturated carbocycles. The molecule has 1 aromatic carbocycles. The van der Waals surface area contributed by atoms with Crippen LogP contribution >= 0.6 is 0 Å². The minimum absolute atomic E-state index is 0.0584. The van der Waals surface area contributed by atoms with Crippen LogP contribution in [-0.4, -0.2) is 18.2 Å². The van der Waals surface area contributed by atoms with E-state index in [4.69, 9.17) is 9.47 Å². The minimum atomic E-state index is -1.11. The summed E-state index contributed by atoms with van der Waals surface area (Å²) < 4.78 is 23.3. The van der Waals surface area contributed by atoms with E-state index in [-0.39, 0.29) is 11.7 Å². The molecule has 0 atom stereocenters. The van der Waals surface area contributed by atoms with Crippen LogP contribution < -0.4 is 0 Å². The number of esters is 2. The van der Waals surface area contributed by atoms with E-state index in [1.807, 2.05) is 13.8 Å². The van der Waals surface area contributed by atoms with Gasteiger partial charge in [-0.3, -0.25) is 9.59 Å². The molecule has 4 nitrogen and oxygen atoms in total. The van der Waals surface area contributed by atoms with E-state index < -0.39 is 18.2 Å². The Morgan fingerprint density at radius 2 is 1.71 bits per heavy atom. The van der Waals surface area contributed by atoms with Crippen molar-refractivity contribution in [2.45, 2.75) is 34.0 Å². The molecule has 1 rings (SSSR count). The molecule has 0 aromatic heterocycles. The second kappa shape index (κ2) is 7.57. The maximum absolute atomic E-state index is 13.2. The molecule has 114 valence electrons. The van der Waals surface area contributed by atoms with Gasteiger partial charge in [-0.15, -0.1) is 0 Å². The number of hydrogen-bond donors (Lipinski definition) is 0. The van der Waals surface area contributed by atoms with Gasteiger partial charge in [-0.05, 0) is 29.7 Å². The highest BCUT2D eigenvalue weighted by Crippen LogP contribution is 2.22. The monoisotopic (exact) mass is 294 g/mol. The second-order valence-corrected chi connectivity index (χ2v) is 4.90. The average Bonchev–Trinajstić information content (AvgIpc) is 2.33. The molecule has 5 heteroatoms. The fourth-order valence-electron chi connectivity index (χ4n) is 1.76. The lowest BCUT2D eigenvalue weighted by molar-refractivity contribution is -0.178. The van der Waals surface area contributed by atoms with Gasteiger partial charge in [-0.2, -0.15) is 0 Å². The molecule has 0 spiro atoms. The van der Waals surface area contributed by atoms with Crippen LogP contribution in [0.5, 0.6) is 0 Å². The summed E-state index contributed by atoms with van der Waals surface area (Å²) in [7, 11) is 0. The summed E-state index contributed by atoms with van der Waals surface area (Å²) in [5.74, 6) is -1.56. The first-order valence-electron chi connectivity index (χ1n) is 6.61. The highest BCUT2D eigenvalue weighted by molar-refractivity contribution is 5.69. The molecule has 0 fully saturated rings. The number of carbonyl (C=O) groups excluding carboxylic acids is 2. The van der Waals surface area contributed by atoms with Crippen molar-refractivity contribution in [3.63, 3.8) is 0 Å². The number of rotatable bonds is 5. The lowest BCUT2D eigenvalue weighted by Crippen LogP contribution is -2.26. The minimum Gasteiger partial charge on any atom is -0.421 e. The number of halogens is 1. The summed E-state index contributed by atoms with van der Waals surface area (Å²) in [6.07, 6.45) is 0.549. The smallest absolute Gasteiger partial charge is 0.305 e. The molecular formula is C16H19FO4. The fourth-order valence-corrected chi connectivity index (χ4v) is 1.76. The van der Waals surface area contributed by atoms with Crippen LogP contribution in [0.4, 0.5) is 4.39 Å². The Labute approximate surface area is 123 Å². The molecule has 0 bridgehead atoms. The van der Waals surface area contributed by atoms with E-state index in [0.29, 0.717) is 11.1 Å². The second-order valence-electron chi connectivity index (χ2n) is 4.90. The zero-order valence-electron chi connectivity index (χ0n) is 12.6. The maximum Gasteiger partial charge on any atom is 0.305 e. The van der Waals surface area contributed by atoms with E-state index >= 15 is 0 Å². The third-order valence-corrected chi connectivity index (χ3v) is 2.67. The third-order valence-electron chi connectivity index (χ3n) is 2.67. The van der Waals surface area contributed by atoms with Crippen molar-refractivity contribution in [3.8, 4) is 0 Å². The van der Waals surface area contributed by atoms with Crippen LogP contribution in [-0.2, 0) is 19.1 Å². The maximum atomic E-state index is 13.2. The van der Waals surface area contributed by atoms with E-state index in [1.54, 1.807) is 18.2 Å². The van der Waals surface area contributed by atoms with Crippen LogP contribution in [0.25, 0.3) is 6.08 Å². The molecule has 0 aliphatic carbocycles. The van der Waals surface area contributed by atoms with Gasteiger partial charge in [0.15, 0.2) is 0 Å². The average molecular weight is 294 g/mol. The zero-order chi connectivity index (χ0) is 16.0. The van der Waals surface area contributed by atoms with Gasteiger partial charge in [-0.1, -0.05) is 26.0 Å². The standard InChI is InChI=1S/C16H19FO4/c1-10(2)15(9-13-6-5-7-14(17)8-13)16(20-11(3)18)21-12(4)19/h5-10,16H,1-4H3. The summed E-state index contributed by atoms with van der Waals surface area (Å²) in [4.78, 5) is 22.3. The molecule has 0 radical (unpaired) electrons. The Morgan fingerprint density at radius 3 is 2.14 bits per heavy atom. The van der Waals surface area contributed by atoms with Crippen LogP contribution in [0.3, 0.4) is 0 Å². The van der Waals surface area contributed by atoms with Crippen molar-refractivity contribution in [3.05, 3.63) is 41.2 Å². The Morgan fingerprint density at radius 1 is 1.14 bits per heavy atom. The van der Waals surface area contributed by atoms with Crippen LogP contribution in [0.15, 0.2) is 29.8 Å². The largest absolute Gasteiger partial charge is 0.421 e. The lowest BCUT2D eigenvalue weighted by atomic mass is 9.99. The summed E-state index contributed by atoms with van der Waals surface area (Å²) in [5.41, 5.74) is 1.18. The van der Waals surface area contributed by atoms with Gasteiger partial charge in [0, 0.05) is 19.4 Å². The summed E-state index contributed by atoms with van der Waals surface area (Å²) >= 11 is 0. The topological polar surface area (TPSA) is 52.6 Å². The zero-order valence-corrected chi connectivity index (χ0v) is 12.6. The molecular weight excluding hydrogens is 275 g/mol. The first-order chi connectivity index (χ1) is 9.79. The molecule has 1 aromatic rings. The van der Waals surface area contributed by atoms with Crippen molar-refractivity contribution in [2.24, 2.45) is 5.92 Å². The molecule has 0 unspecified atom stereocenters. The summed E-state index contributed by atoms with van der Waals surface area (Å²) in [5, 5.41) is 0. The first-order valence-corrected chi connectivity index (χ1v) is 6.61. The number of ether oxygens (including phenoxy) is 2. The molecule has 0 saturated heterocycles. The molecule has 0 heterocycles. The Balaban J connectivity index is 3.16. The Kier molecular flexibility index (Phi) is 6.09. The van der Waals surface area contributed by atoms with Crippen molar-refractivity contribution < 1.29 is 23.5 Å². The van der Waals surface area contributed by atoms with Crippen molar-refractivity contribution >= 4 is 18.0 Å². The SMILES string of the molecule is CC(=O)OC(OC(C)=O)C(=Cc1cccc(F)c1)C(C)C. The van der Waals surface area contributed by atoms with Crippen molar-refractivity contribution in [1.29, 1.82) is 0 Å². The van der Waals surface area contributed by atoms with Crippen molar-refractivity contribution in [2.75, 3.05) is 0 Å². The van der Waals surface area contributed by atoms with E-state index in [9.17, 15) is 14.0 Å². The number of carbonyl (C=O) groups is 2. The molecule has 0 N–H and O–H groups in total. The van der Waals surface area contributed by atoms with Gasteiger partial charge in [0.1, 0.15) is 5.82 Å². The number of hydrogen-bond acceptors (Lipinski definition) is 4. The first kappa shape index (κ1) is 16.9. The van der Waals surface area contributed by atoms with Crippen molar-refractivity contribution in [1.82, 2.24) is 0 Å². The van der Waals surface area contributed by atoms with Gasteiger partial charge < -0.3 is 9.47 Å². The highest BCUT2D eigenvalue weighted by atomic mass is 19.1. The molecule has 0 aliphatic rings. The Bertz CT molecular complexity index is 533. The van der Waals surface area contributed by atoms with Crippen LogP contribution in [0.1, 0.15) is 33.3 Å². The molecule has 0 amide bonds. The summed E-state index contributed by atoms with van der Waals surface area (Å²) in [6.45, 7) is 6.20. The number of benzene rings is 1. The molecule has 0 aliphatic heterocycles. The van der Waals surface area contributed by atoms with E-state index in [0.717, 1.165) is 0 Å². The van der Waals surface area contributed by atoms with E-state index in [2.05, 4.69) is 0 Å². The Hall–Kier alpha value is -2.17. The van der Waals surface area contributed by atoms with E-state index in [1.165, 1.54) is 26.0 Å². The molecule has 21 heavy (non-hydrogen) atoms. The normalized spacial score (nSPS) is 11.7. The van der Waals surface area contributed by atoms with Gasteiger partial charge in [0.2, 0.25) is 0 Å². The van der Waals surface area contributed by atoms with Gasteiger partial charge in [0.25, 0.3) is 6.29 Å². The third kappa shape index (κ3) is 5.77. The predicted molar refractivity (Wildman–Crippen MR) is 76.5 cm³/mol. The highest BCUT2D eigenvalue weighted by Gasteiger charge is 2.23. The van der Waals surface area contributed by atoms with Crippen LogP contribution in [0, 0.1) is 11.7 Å². The van der Waals surface area contributed by atoms with Gasteiger partial charge in [0.05, 0.1) is 0 Å². The van der Waals surface area contributed by atoms with Gasteiger partial charge in [-0.25, -0.2) is 4.39 Å². The van der Waals surface area contributed by atoms with Crippen LogP contribution in [0.2, 0.25) is 0 Å². The lowest BCUT2D eigenvalue weighted by Gasteiger charge is -2.22. The predicted octanol–water partition coefficient (Wildman–Crippen LogP) is 3.32.